The molecule has 1 atom stereocenters. The smallest absolute Gasteiger partial charge is 0.465 e. The molecule has 1 heterocycles. The van der Waals surface area contributed by atoms with Crippen LogP contribution >= 0.6 is 0 Å². The Bertz CT molecular complexity index is 393. The van der Waals surface area contributed by atoms with E-state index in [1.54, 1.807) is 0 Å². The number of likely N-dealkylation sites (tertiary alicyclic amines) is 1. The minimum Gasteiger partial charge on any atom is -0.465 e. The lowest BCUT2D eigenvalue weighted by Crippen LogP contribution is -2.30. The van der Waals surface area contributed by atoms with Crippen LogP contribution in [0.3, 0.4) is 0 Å². The van der Waals surface area contributed by atoms with Crippen LogP contribution in [-0.4, -0.2) is 49.7 Å². The van der Waals surface area contributed by atoms with Gasteiger partial charge in [-0.3, -0.25) is 4.18 Å². The maximum absolute atomic E-state index is 11.9. The van der Waals surface area contributed by atoms with E-state index < -0.39 is 34.2 Å². The molecule has 0 bridgehead atoms. The molecule has 1 N–H and O–H groups in total. The molecule has 1 saturated heterocycles. The lowest BCUT2D eigenvalue weighted by atomic mass is 10.1. The average Bonchev–Trinajstić information content (AvgIpc) is 2.61. The summed E-state index contributed by atoms with van der Waals surface area (Å²) in [5.74, 6) is -0.539. The van der Waals surface area contributed by atoms with Gasteiger partial charge < -0.3 is 10.0 Å². The van der Waals surface area contributed by atoms with E-state index in [1.807, 2.05) is 0 Å². The predicted molar refractivity (Wildman–Crippen MR) is 48.6 cm³/mol. The van der Waals surface area contributed by atoms with Gasteiger partial charge in [0, 0.05) is 19.0 Å². The molecule has 1 fully saturated rings. The Hall–Kier alpha value is -1.03. The molecule has 17 heavy (non-hydrogen) atoms. The molecule has 6 nitrogen and oxygen atoms in total. The van der Waals surface area contributed by atoms with Gasteiger partial charge in [0.05, 0.1) is 6.61 Å². The fourth-order valence-electron chi connectivity index (χ4n) is 1.40. The molecule has 0 aromatic heterocycles. The Morgan fingerprint density at radius 2 is 2.06 bits per heavy atom. The van der Waals surface area contributed by atoms with Crippen molar-refractivity contribution in [3.63, 3.8) is 0 Å². The van der Waals surface area contributed by atoms with E-state index in [4.69, 9.17) is 5.11 Å². The van der Waals surface area contributed by atoms with Crippen LogP contribution in [0.15, 0.2) is 0 Å². The highest BCUT2D eigenvalue weighted by Crippen LogP contribution is 2.26. The van der Waals surface area contributed by atoms with Gasteiger partial charge in [-0.25, -0.2) is 4.79 Å². The first-order valence-corrected chi connectivity index (χ1v) is 5.98. The summed E-state index contributed by atoms with van der Waals surface area (Å²) in [7, 11) is -5.59. The lowest BCUT2D eigenvalue weighted by Gasteiger charge is -2.13. The number of carbonyl (C=O) groups is 1. The van der Waals surface area contributed by atoms with Gasteiger partial charge in [-0.1, -0.05) is 0 Å². The number of carboxylic acid groups (broad SMARTS) is 1. The minimum absolute atomic E-state index is 0.0251. The Morgan fingerprint density at radius 1 is 1.47 bits per heavy atom. The largest absolute Gasteiger partial charge is 0.523 e. The van der Waals surface area contributed by atoms with Crippen LogP contribution in [0.25, 0.3) is 0 Å². The molecular formula is C7H10F3NO5S. The molecule has 100 valence electrons. The van der Waals surface area contributed by atoms with Crippen LogP contribution in [-0.2, 0) is 14.3 Å². The first-order chi connectivity index (χ1) is 7.63. The summed E-state index contributed by atoms with van der Waals surface area (Å²) in [5.41, 5.74) is -5.45. The summed E-state index contributed by atoms with van der Waals surface area (Å²) in [6.07, 6.45) is -0.911. The topological polar surface area (TPSA) is 83.9 Å². The van der Waals surface area contributed by atoms with E-state index in [0.717, 1.165) is 4.90 Å². The van der Waals surface area contributed by atoms with E-state index >= 15 is 0 Å². The Labute approximate surface area is 95.1 Å². The van der Waals surface area contributed by atoms with Crippen molar-refractivity contribution < 1.29 is 35.7 Å². The second-order valence-corrected chi connectivity index (χ2v) is 5.17. The van der Waals surface area contributed by atoms with Crippen LogP contribution in [0, 0.1) is 5.92 Å². The van der Waals surface area contributed by atoms with Crippen molar-refractivity contribution in [2.75, 3.05) is 19.7 Å². The summed E-state index contributed by atoms with van der Waals surface area (Å²) >= 11 is 0. The summed E-state index contributed by atoms with van der Waals surface area (Å²) in [4.78, 5) is 11.5. The molecule has 1 unspecified atom stereocenters. The number of nitrogens with zero attached hydrogens (tertiary/aromatic N) is 1. The van der Waals surface area contributed by atoms with Crippen LogP contribution in [0.2, 0.25) is 0 Å². The molecule has 1 aliphatic heterocycles. The van der Waals surface area contributed by atoms with E-state index in [-0.39, 0.29) is 19.5 Å². The van der Waals surface area contributed by atoms with Crippen LogP contribution in [0.4, 0.5) is 18.0 Å². The average molecular weight is 277 g/mol. The second kappa shape index (κ2) is 4.69. The van der Waals surface area contributed by atoms with Crippen molar-refractivity contribution in [1.82, 2.24) is 4.90 Å². The number of alkyl halides is 3. The summed E-state index contributed by atoms with van der Waals surface area (Å²) in [6.45, 7) is -0.524. The van der Waals surface area contributed by atoms with E-state index in [0.29, 0.717) is 0 Å². The van der Waals surface area contributed by atoms with Gasteiger partial charge in [0.2, 0.25) is 0 Å². The third kappa shape index (κ3) is 3.46. The minimum atomic E-state index is -5.59. The Balaban J connectivity index is 2.46. The molecule has 0 aliphatic carbocycles. The zero-order chi connectivity index (χ0) is 13.3. The number of amides is 1. The van der Waals surface area contributed by atoms with Crippen molar-refractivity contribution in [2.24, 2.45) is 5.92 Å². The van der Waals surface area contributed by atoms with Gasteiger partial charge in [-0.2, -0.15) is 21.6 Å². The van der Waals surface area contributed by atoms with Crippen molar-refractivity contribution in [3.8, 4) is 0 Å². The molecule has 0 aromatic rings. The maximum atomic E-state index is 11.9. The van der Waals surface area contributed by atoms with E-state index in [2.05, 4.69) is 4.18 Å². The molecule has 1 amide bonds. The maximum Gasteiger partial charge on any atom is 0.523 e. The van der Waals surface area contributed by atoms with Crippen LogP contribution in [0.5, 0.6) is 0 Å². The van der Waals surface area contributed by atoms with Crippen molar-refractivity contribution in [1.29, 1.82) is 0 Å². The van der Waals surface area contributed by atoms with Crippen LogP contribution in [0.1, 0.15) is 6.42 Å². The summed E-state index contributed by atoms with van der Waals surface area (Å²) < 4.78 is 60.6. The first-order valence-electron chi connectivity index (χ1n) is 4.57. The number of halogens is 3. The molecule has 1 aliphatic rings. The van der Waals surface area contributed by atoms with Gasteiger partial charge in [0.15, 0.2) is 0 Å². The van der Waals surface area contributed by atoms with Crippen molar-refractivity contribution in [3.05, 3.63) is 0 Å². The summed E-state index contributed by atoms with van der Waals surface area (Å²) in [5, 5.41) is 8.58. The monoisotopic (exact) mass is 277 g/mol. The van der Waals surface area contributed by atoms with Crippen molar-refractivity contribution >= 4 is 16.2 Å². The highest BCUT2D eigenvalue weighted by atomic mass is 32.2. The fourth-order valence-corrected chi connectivity index (χ4v) is 1.90. The predicted octanol–water partition coefficient (Wildman–Crippen LogP) is 0.853. The quantitative estimate of drug-likeness (QED) is 0.610. The van der Waals surface area contributed by atoms with Gasteiger partial charge >= 0.3 is 21.7 Å². The third-order valence-electron chi connectivity index (χ3n) is 2.30. The Morgan fingerprint density at radius 3 is 2.47 bits per heavy atom. The van der Waals surface area contributed by atoms with Gasteiger partial charge in [-0.15, -0.1) is 0 Å². The van der Waals surface area contributed by atoms with Gasteiger partial charge in [-0.05, 0) is 6.42 Å². The molecule has 0 aromatic carbocycles. The SMILES string of the molecule is O=C(O)N1CCC(COS(=O)(=O)C(F)(F)F)C1. The number of hydrogen-bond acceptors (Lipinski definition) is 4. The zero-order valence-corrected chi connectivity index (χ0v) is 9.29. The highest BCUT2D eigenvalue weighted by molar-refractivity contribution is 7.87. The zero-order valence-electron chi connectivity index (χ0n) is 8.48. The van der Waals surface area contributed by atoms with Gasteiger partial charge in [0.25, 0.3) is 0 Å². The highest BCUT2D eigenvalue weighted by Gasteiger charge is 2.47. The standard InChI is InChI=1S/C7H10F3NO5S/c8-7(9,10)17(14,15)16-4-5-1-2-11(3-5)6(12)13/h5H,1-4H2,(H,12,13). The van der Waals surface area contributed by atoms with E-state index in [9.17, 15) is 26.4 Å². The molecule has 0 spiro atoms. The lowest BCUT2D eigenvalue weighted by molar-refractivity contribution is -0.0549. The molecular weight excluding hydrogens is 267 g/mol. The van der Waals surface area contributed by atoms with Crippen molar-refractivity contribution in [2.45, 2.75) is 11.9 Å². The van der Waals surface area contributed by atoms with E-state index in [1.165, 1.54) is 0 Å². The number of rotatable bonds is 3. The Kier molecular flexibility index (Phi) is 3.87. The molecule has 0 saturated carbocycles. The summed E-state index contributed by atoms with van der Waals surface area (Å²) in [6, 6.07) is 0. The first kappa shape index (κ1) is 14.0. The molecule has 1 rings (SSSR count). The van der Waals surface area contributed by atoms with Gasteiger partial charge in [0.1, 0.15) is 0 Å². The van der Waals surface area contributed by atoms with Crippen LogP contribution < -0.4 is 0 Å². The molecule has 0 radical (unpaired) electrons. The second-order valence-electron chi connectivity index (χ2n) is 3.57. The number of hydrogen-bond donors (Lipinski definition) is 1. The third-order valence-corrected chi connectivity index (χ3v) is 3.31. The normalized spacial score (nSPS) is 21.8. The molecule has 10 heteroatoms. The fraction of sp³-hybridized carbons (Fsp3) is 0.857.